The van der Waals surface area contributed by atoms with Crippen molar-refractivity contribution in [3.05, 3.63) is 17.6 Å². The van der Waals surface area contributed by atoms with E-state index in [1.165, 1.54) is 7.11 Å². The van der Waals surface area contributed by atoms with Crippen LogP contribution in [-0.2, 0) is 11.2 Å². The van der Waals surface area contributed by atoms with Crippen molar-refractivity contribution in [2.75, 3.05) is 7.11 Å². The summed E-state index contributed by atoms with van der Waals surface area (Å²) in [6.45, 7) is 1.77. The monoisotopic (exact) mass is 166 g/mol. The molecule has 0 spiro atoms. The van der Waals surface area contributed by atoms with Crippen LogP contribution in [-0.4, -0.2) is 23.4 Å². The average molecular weight is 166 g/mol. The average Bonchev–Trinajstić information content (AvgIpc) is 2.08. The second-order valence-corrected chi connectivity index (χ2v) is 2.32. The van der Waals surface area contributed by atoms with Gasteiger partial charge in [0.15, 0.2) is 0 Å². The molecule has 0 fully saturated rings. The molecule has 1 rings (SSSR count). The molecule has 12 heavy (non-hydrogen) atoms. The van der Waals surface area contributed by atoms with E-state index >= 15 is 0 Å². The molecule has 4 heteroatoms. The van der Waals surface area contributed by atoms with Crippen LogP contribution in [0.15, 0.2) is 6.20 Å². The number of aldehydes is 1. The summed E-state index contributed by atoms with van der Waals surface area (Å²) in [6, 6.07) is 0. The summed E-state index contributed by atoms with van der Waals surface area (Å²) in [5, 5.41) is 0. The van der Waals surface area contributed by atoms with Crippen LogP contribution in [0.25, 0.3) is 0 Å². The Hall–Kier alpha value is -1.45. The second kappa shape index (κ2) is 3.80. The Bertz CT molecular complexity index is 286. The zero-order chi connectivity index (χ0) is 8.97. The highest BCUT2D eigenvalue weighted by molar-refractivity contribution is 5.56. The molecule has 4 nitrogen and oxygen atoms in total. The fourth-order valence-electron chi connectivity index (χ4n) is 0.881. The lowest BCUT2D eigenvalue weighted by Crippen LogP contribution is -1.99. The van der Waals surface area contributed by atoms with Crippen LogP contribution >= 0.6 is 0 Å². The molecule has 0 atom stereocenters. The van der Waals surface area contributed by atoms with Gasteiger partial charge in [-0.2, -0.15) is 4.98 Å². The standard InChI is InChI=1S/C8H10N2O2/c1-6-9-5-7(3-4-11)8(10-6)12-2/h4-5H,3H2,1-2H3. The number of carbonyl (C=O) groups excluding carboxylic acids is 1. The molecular formula is C8H10N2O2. The van der Waals surface area contributed by atoms with Crippen molar-refractivity contribution in [1.82, 2.24) is 9.97 Å². The van der Waals surface area contributed by atoms with Gasteiger partial charge in [-0.25, -0.2) is 4.98 Å². The van der Waals surface area contributed by atoms with Crippen molar-refractivity contribution in [2.24, 2.45) is 0 Å². The first kappa shape index (κ1) is 8.64. The number of carbonyl (C=O) groups is 1. The van der Waals surface area contributed by atoms with E-state index in [1.807, 2.05) is 0 Å². The second-order valence-electron chi connectivity index (χ2n) is 2.32. The van der Waals surface area contributed by atoms with Gasteiger partial charge in [-0.1, -0.05) is 0 Å². The minimum Gasteiger partial charge on any atom is -0.481 e. The number of ether oxygens (including phenoxy) is 1. The number of hydrogen-bond donors (Lipinski definition) is 0. The van der Waals surface area contributed by atoms with Crippen LogP contribution in [0.2, 0.25) is 0 Å². The van der Waals surface area contributed by atoms with Gasteiger partial charge in [0.05, 0.1) is 7.11 Å². The number of aryl methyl sites for hydroxylation is 1. The predicted octanol–water partition coefficient (Wildman–Crippen LogP) is 0.535. The van der Waals surface area contributed by atoms with E-state index in [9.17, 15) is 4.79 Å². The summed E-state index contributed by atoms with van der Waals surface area (Å²) in [6.07, 6.45) is 2.70. The Balaban J connectivity index is 3.01. The maximum atomic E-state index is 10.2. The molecule has 0 saturated carbocycles. The third-order valence-electron chi connectivity index (χ3n) is 1.44. The van der Waals surface area contributed by atoms with Gasteiger partial charge in [0, 0.05) is 18.2 Å². The zero-order valence-electron chi connectivity index (χ0n) is 7.07. The lowest BCUT2D eigenvalue weighted by molar-refractivity contribution is -0.107. The lowest BCUT2D eigenvalue weighted by Gasteiger charge is -2.03. The third kappa shape index (κ3) is 1.78. The van der Waals surface area contributed by atoms with Crippen LogP contribution in [0.4, 0.5) is 0 Å². The largest absolute Gasteiger partial charge is 0.481 e. The number of hydrogen-bond acceptors (Lipinski definition) is 4. The highest BCUT2D eigenvalue weighted by Crippen LogP contribution is 2.12. The van der Waals surface area contributed by atoms with Gasteiger partial charge >= 0.3 is 0 Å². The topological polar surface area (TPSA) is 52.1 Å². The Kier molecular flexibility index (Phi) is 2.74. The molecule has 1 aromatic heterocycles. The molecule has 1 aromatic rings. The van der Waals surface area contributed by atoms with Gasteiger partial charge in [0.2, 0.25) is 5.88 Å². The number of aromatic nitrogens is 2. The lowest BCUT2D eigenvalue weighted by atomic mass is 10.2. The first-order valence-electron chi connectivity index (χ1n) is 3.58. The number of methoxy groups -OCH3 is 1. The van der Waals surface area contributed by atoms with E-state index in [4.69, 9.17) is 4.74 Å². The summed E-state index contributed by atoms with van der Waals surface area (Å²) < 4.78 is 4.97. The molecule has 0 aromatic carbocycles. The first-order valence-corrected chi connectivity index (χ1v) is 3.58. The normalized spacial score (nSPS) is 9.50. The summed E-state index contributed by atoms with van der Waals surface area (Å²) >= 11 is 0. The van der Waals surface area contributed by atoms with Crippen molar-refractivity contribution < 1.29 is 9.53 Å². The molecule has 1 heterocycles. The summed E-state index contributed by atoms with van der Waals surface area (Å²) in [5.41, 5.74) is 0.720. The number of rotatable bonds is 3. The Morgan fingerprint density at radius 1 is 1.67 bits per heavy atom. The number of nitrogens with zero attached hydrogens (tertiary/aromatic N) is 2. The molecule has 0 saturated heterocycles. The highest BCUT2D eigenvalue weighted by Gasteiger charge is 2.03. The fraction of sp³-hybridized carbons (Fsp3) is 0.375. The summed E-state index contributed by atoms with van der Waals surface area (Å²) in [5.74, 6) is 1.12. The van der Waals surface area contributed by atoms with Crippen LogP contribution in [0.3, 0.4) is 0 Å². The minimum absolute atomic E-state index is 0.295. The third-order valence-corrected chi connectivity index (χ3v) is 1.44. The molecule has 0 amide bonds. The van der Waals surface area contributed by atoms with E-state index in [0.717, 1.165) is 11.8 Å². The molecule has 0 aliphatic carbocycles. The van der Waals surface area contributed by atoms with Crippen LogP contribution in [0.5, 0.6) is 5.88 Å². The van der Waals surface area contributed by atoms with Gasteiger partial charge in [-0.3, -0.25) is 0 Å². The molecule has 0 radical (unpaired) electrons. The zero-order valence-corrected chi connectivity index (χ0v) is 7.07. The van der Waals surface area contributed by atoms with E-state index in [0.29, 0.717) is 18.1 Å². The van der Waals surface area contributed by atoms with Gasteiger partial charge in [0.1, 0.15) is 12.1 Å². The molecule has 0 aliphatic rings. The SMILES string of the molecule is COc1nc(C)ncc1CC=O. The summed E-state index contributed by atoms with van der Waals surface area (Å²) in [4.78, 5) is 18.2. The fourth-order valence-corrected chi connectivity index (χ4v) is 0.881. The molecule has 0 bridgehead atoms. The van der Waals surface area contributed by atoms with Crippen molar-refractivity contribution in [2.45, 2.75) is 13.3 Å². The Labute approximate surface area is 70.6 Å². The van der Waals surface area contributed by atoms with Crippen LogP contribution < -0.4 is 4.74 Å². The maximum Gasteiger partial charge on any atom is 0.220 e. The van der Waals surface area contributed by atoms with Gasteiger partial charge in [-0.05, 0) is 6.92 Å². The predicted molar refractivity (Wildman–Crippen MR) is 43.1 cm³/mol. The molecule has 0 aliphatic heterocycles. The smallest absolute Gasteiger partial charge is 0.220 e. The highest BCUT2D eigenvalue weighted by atomic mass is 16.5. The maximum absolute atomic E-state index is 10.2. The van der Waals surface area contributed by atoms with Crippen molar-refractivity contribution in [3.63, 3.8) is 0 Å². The van der Waals surface area contributed by atoms with E-state index in [-0.39, 0.29) is 0 Å². The van der Waals surface area contributed by atoms with Gasteiger partial charge in [0.25, 0.3) is 0 Å². The quantitative estimate of drug-likeness (QED) is 0.615. The molecule has 64 valence electrons. The molecular weight excluding hydrogens is 156 g/mol. The van der Waals surface area contributed by atoms with Gasteiger partial charge in [-0.15, -0.1) is 0 Å². The van der Waals surface area contributed by atoms with E-state index in [2.05, 4.69) is 9.97 Å². The Morgan fingerprint density at radius 2 is 2.42 bits per heavy atom. The minimum atomic E-state index is 0.295. The van der Waals surface area contributed by atoms with Crippen molar-refractivity contribution in [1.29, 1.82) is 0 Å². The summed E-state index contributed by atoms with van der Waals surface area (Å²) in [7, 11) is 1.52. The van der Waals surface area contributed by atoms with Gasteiger partial charge < -0.3 is 9.53 Å². The molecule has 0 unspecified atom stereocenters. The first-order chi connectivity index (χ1) is 5.77. The van der Waals surface area contributed by atoms with Crippen LogP contribution in [0, 0.1) is 6.92 Å². The van der Waals surface area contributed by atoms with Crippen molar-refractivity contribution in [3.8, 4) is 5.88 Å². The molecule has 0 N–H and O–H groups in total. The van der Waals surface area contributed by atoms with E-state index in [1.54, 1.807) is 13.1 Å². The Morgan fingerprint density at radius 3 is 3.00 bits per heavy atom. The van der Waals surface area contributed by atoms with E-state index < -0.39 is 0 Å². The van der Waals surface area contributed by atoms with Crippen molar-refractivity contribution >= 4 is 6.29 Å². The van der Waals surface area contributed by atoms with Crippen LogP contribution in [0.1, 0.15) is 11.4 Å².